The fraction of sp³-hybridized carbons (Fsp3) is 0.500. The van der Waals surface area contributed by atoms with Crippen molar-refractivity contribution in [2.24, 2.45) is 0 Å². The molecular formula is C24H31NO3. The van der Waals surface area contributed by atoms with Crippen LogP contribution in [0.2, 0.25) is 0 Å². The summed E-state index contributed by atoms with van der Waals surface area (Å²) < 4.78 is 16.7. The molecule has 150 valence electrons. The molecule has 4 heteroatoms. The molecule has 0 N–H and O–H groups in total. The molecule has 4 nitrogen and oxygen atoms in total. The van der Waals surface area contributed by atoms with Gasteiger partial charge < -0.3 is 19.1 Å². The first kappa shape index (κ1) is 19.1. The molecule has 2 atom stereocenters. The number of methoxy groups -OCH3 is 2. The van der Waals surface area contributed by atoms with E-state index in [1.165, 1.54) is 36.9 Å². The number of benzene rings is 2. The number of hydrogen-bond donors (Lipinski definition) is 0. The van der Waals surface area contributed by atoms with Crippen molar-refractivity contribution >= 4 is 0 Å². The maximum absolute atomic E-state index is 5.83. The van der Waals surface area contributed by atoms with E-state index in [0.29, 0.717) is 11.8 Å². The van der Waals surface area contributed by atoms with Gasteiger partial charge >= 0.3 is 0 Å². The molecule has 0 saturated carbocycles. The van der Waals surface area contributed by atoms with Crippen molar-refractivity contribution in [1.29, 1.82) is 0 Å². The van der Waals surface area contributed by atoms with E-state index in [1.54, 1.807) is 14.2 Å². The second-order valence-corrected chi connectivity index (χ2v) is 7.91. The Bertz CT molecular complexity index is 791. The summed E-state index contributed by atoms with van der Waals surface area (Å²) in [5.74, 6) is 3.90. The molecule has 0 bridgehead atoms. The zero-order valence-electron chi connectivity index (χ0n) is 17.0. The summed E-state index contributed by atoms with van der Waals surface area (Å²) in [7, 11) is 3.40. The molecular weight excluding hydrogens is 350 g/mol. The molecule has 0 amide bonds. The third-order valence-electron chi connectivity index (χ3n) is 6.26. The summed E-state index contributed by atoms with van der Waals surface area (Å²) in [5, 5.41) is 0. The van der Waals surface area contributed by atoms with Crippen molar-refractivity contribution in [2.45, 2.75) is 37.5 Å². The van der Waals surface area contributed by atoms with Gasteiger partial charge in [0.25, 0.3) is 0 Å². The van der Waals surface area contributed by atoms with Crippen molar-refractivity contribution in [3.8, 4) is 17.2 Å². The number of ether oxygens (including phenoxy) is 3. The van der Waals surface area contributed by atoms with E-state index >= 15 is 0 Å². The first-order valence-electron chi connectivity index (χ1n) is 10.4. The average molecular weight is 382 g/mol. The molecule has 2 aliphatic heterocycles. The van der Waals surface area contributed by atoms with Crippen LogP contribution in [-0.4, -0.2) is 45.4 Å². The molecule has 4 rings (SSSR count). The van der Waals surface area contributed by atoms with Gasteiger partial charge in [-0.05, 0) is 79.9 Å². The quantitative estimate of drug-likeness (QED) is 0.716. The van der Waals surface area contributed by atoms with Crippen LogP contribution >= 0.6 is 0 Å². The molecule has 0 spiro atoms. The van der Waals surface area contributed by atoms with Crippen LogP contribution in [0, 0.1) is 0 Å². The molecule has 2 aromatic rings. The Kier molecular flexibility index (Phi) is 6.06. The molecule has 2 aromatic carbocycles. The average Bonchev–Trinajstić information content (AvgIpc) is 2.77. The van der Waals surface area contributed by atoms with Crippen LogP contribution in [-0.2, 0) is 0 Å². The smallest absolute Gasteiger partial charge is 0.160 e. The van der Waals surface area contributed by atoms with Crippen LogP contribution in [0.4, 0.5) is 0 Å². The predicted molar refractivity (Wildman–Crippen MR) is 112 cm³/mol. The van der Waals surface area contributed by atoms with Crippen molar-refractivity contribution in [3.05, 3.63) is 53.6 Å². The van der Waals surface area contributed by atoms with E-state index < -0.39 is 0 Å². The zero-order valence-corrected chi connectivity index (χ0v) is 17.0. The third kappa shape index (κ3) is 4.12. The minimum absolute atomic E-state index is 0.565. The lowest BCUT2D eigenvalue weighted by Gasteiger charge is -2.35. The minimum Gasteiger partial charge on any atom is -0.493 e. The Labute approximate surface area is 168 Å². The lowest BCUT2D eigenvalue weighted by molar-refractivity contribution is 0.191. The Morgan fingerprint density at radius 1 is 1.04 bits per heavy atom. The van der Waals surface area contributed by atoms with Crippen molar-refractivity contribution < 1.29 is 14.2 Å². The van der Waals surface area contributed by atoms with E-state index in [4.69, 9.17) is 14.2 Å². The largest absolute Gasteiger partial charge is 0.493 e. The second-order valence-electron chi connectivity index (χ2n) is 7.91. The van der Waals surface area contributed by atoms with Gasteiger partial charge in [0.2, 0.25) is 0 Å². The SMILES string of the molecule is COc1ccc(C2CCCN(CC[C@H]3CCOc4ccccc43)C2)cc1OC. The van der Waals surface area contributed by atoms with Gasteiger partial charge in [0.05, 0.1) is 20.8 Å². The van der Waals surface area contributed by atoms with Crippen LogP contribution in [0.3, 0.4) is 0 Å². The molecule has 0 aromatic heterocycles. The number of likely N-dealkylation sites (tertiary alicyclic amines) is 1. The monoisotopic (exact) mass is 381 g/mol. The molecule has 2 aliphatic rings. The predicted octanol–water partition coefficient (Wildman–Crippen LogP) is 4.84. The minimum atomic E-state index is 0.565. The highest BCUT2D eigenvalue weighted by atomic mass is 16.5. The van der Waals surface area contributed by atoms with Crippen molar-refractivity contribution in [3.63, 3.8) is 0 Å². The van der Waals surface area contributed by atoms with E-state index in [1.807, 2.05) is 6.07 Å². The summed E-state index contributed by atoms with van der Waals surface area (Å²) in [6.07, 6.45) is 4.83. The lowest BCUT2D eigenvalue weighted by atomic mass is 9.88. The highest BCUT2D eigenvalue weighted by molar-refractivity contribution is 5.44. The van der Waals surface area contributed by atoms with Crippen LogP contribution in [0.1, 0.15) is 48.6 Å². The number of nitrogens with zero attached hydrogens (tertiary/aromatic N) is 1. The third-order valence-corrected chi connectivity index (χ3v) is 6.26. The number of rotatable bonds is 6. The Morgan fingerprint density at radius 2 is 1.89 bits per heavy atom. The topological polar surface area (TPSA) is 30.9 Å². The highest BCUT2D eigenvalue weighted by Crippen LogP contribution is 2.37. The van der Waals surface area contributed by atoms with Crippen molar-refractivity contribution in [2.75, 3.05) is 40.5 Å². The van der Waals surface area contributed by atoms with Crippen LogP contribution in [0.15, 0.2) is 42.5 Å². The van der Waals surface area contributed by atoms with Crippen molar-refractivity contribution in [1.82, 2.24) is 4.90 Å². The van der Waals surface area contributed by atoms with Crippen LogP contribution in [0.5, 0.6) is 17.2 Å². The summed E-state index contributed by atoms with van der Waals surface area (Å²) in [6.45, 7) is 4.33. The summed E-state index contributed by atoms with van der Waals surface area (Å²) in [4.78, 5) is 2.64. The van der Waals surface area contributed by atoms with Gasteiger partial charge in [0.1, 0.15) is 5.75 Å². The maximum atomic E-state index is 5.83. The molecule has 0 aliphatic carbocycles. The van der Waals surface area contributed by atoms with Crippen LogP contribution in [0.25, 0.3) is 0 Å². The van der Waals surface area contributed by atoms with Gasteiger partial charge in [0.15, 0.2) is 11.5 Å². The standard InChI is InChI=1S/C24H31NO3/c1-26-23-10-9-19(16-24(23)27-2)20-6-5-13-25(17-20)14-11-18-12-15-28-22-8-4-3-7-21(18)22/h3-4,7-10,16,18,20H,5-6,11-15,17H2,1-2H3/t18-,20?/m0/s1. The van der Waals surface area contributed by atoms with E-state index in [0.717, 1.165) is 43.4 Å². The van der Waals surface area contributed by atoms with Gasteiger partial charge in [-0.2, -0.15) is 0 Å². The molecule has 0 radical (unpaired) electrons. The van der Waals surface area contributed by atoms with Gasteiger partial charge in [-0.1, -0.05) is 24.3 Å². The van der Waals surface area contributed by atoms with Gasteiger partial charge in [-0.25, -0.2) is 0 Å². The van der Waals surface area contributed by atoms with Crippen LogP contribution < -0.4 is 14.2 Å². The number of hydrogen-bond acceptors (Lipinski definition) is 4. The molecule has 28 heavy (non-hydrogen) atoms. The second kappa shape index (κ2) is 8.87. The zero-order chi connectivity index (χ0) is 19.3. The number of para-hydroxylation sites is 1. The normalized spacial score (nSPS) is 22.2. The van der Waals surface area contributed by atoms with Gasteiger partial charge in [-0.15, -0.1) is 0 Å². The molecule has 2 heterocycles. The summed E-state index contributed by atoms with van der Waals surface area (Å²) in [6, 6.07) is 14.9. The fourth-order valence-electron chi connectivity index (χ4n) is 4.69. The highest BCUT2D eigenvalue weighted by Gasteiger charge is 2.25. The molecule has 1 saturated heterocycles. The van der Waals surface area contributed by atoms with E-state index in [2.05, 4.69) is 41.3 Å². The van der Waals surface area contributed by atoms with Gasteiger partial charge in [0, 0.05) is 6.54 Å². The first-order chi connectivity index (χ1) is 13.8. The summed E-state index contributed by atoms with van der Waals surface area (Å²) >= 11 is 0. The number of piperidine rings is 1. The first-order valence-corrected chi connectivity index (χ1v) is 10.4. The Hall–Kier alpha value is -2.20. The molecule has 1 fully saturated rings. The molecule has 1 unspecified atom stereocenters. The number of fused-ring (bicyclic) bond motifs is 1. The lowest BCUT2D eigenvalue weighted by Crippen LogP contribution is -2.36. The Balaban J connectivity index is 1.38. The Morgan fingerprint density at radius 3 is 2.75 bits per heavy atom. The fourth-order valence-corrected chi connectivity index (χ4v) is 4.69. The van der Waals surface area contributed by atoms with Gasteiger partial charge in [-0.3, -0.25) is 0 Å². The summed E-state index contributed by atoms with van der Waals surface area (Å²) in [5.41, 5.74) is 2.75. The van der Waals surface area contributed by atoms with E-state index in [9.17, 15) is 0 Å². The van der Waals surface area contributed by atoms with E-state index in [-0.39, 0.29) is 0 Å². The maximum Gasteiger partial charge on any atom is 0.160 e.